The Hall–Kier alpha value is -1.83. The summed E-state index contributed by atoms with van der Waals surface area (Å²) in [5, 5.41) is 10.9. The molecule has 0 fully saturated rings. The Bertz CT molecular complexity index is 569. The molecule has 0 spiro atoms. The summed E-state index contributed by atoms with van der Waals surface area (Å²) < 4.78 is 5.32. The highest BCUT2D eigenvalue weighted by atomic mass is 32.1. The first kappa shape index (κ1) is 11.6. The van der Waals surface area contributed by atoms with Crippen LogP contribution < -0.4 is 10.5 Å². The number of rotatable bonds is 3. The maximum absolute atomic E-state index is 8.94. The van der Waals surface area contributed by atoms with Gasteiger partial charge in [0, 0.05) is 22.5 Å². The molecule has 0 atom stereocenters. The zero-order valence-electron chi connectivity index (χ0n) is 9.43. The molecular weight excluding hydrogens is 232 g/mol. The van der Waals surface area contributed by atoms with Gasteiger partial charge < -0.3 is 10.5 Å². The fraction of sp³-hybridized carbons (Fsp3) is 0.154. The second kappa shape index (κ2) is 5.00. The van der Waals surface area contributed by atoms with Crippen molar-refractivity contribution in [1.82, 2.24) is 0 Å². The van der Waals surface area contributed by atoms with E-state index in [-0.39, 0.29) is 0 Å². The van der Waals surface area contributed by atoms with E-state index in [1.165, 1.54) is 0 Å². The second-order valence-corrected chi connectivity index (χ2v) is 4.49. The van der Waals surface area contributed by atoms with E-state index in [0.717, 1.165) is 21.8 Å². The molecule has 0 saturated heterocycles. The van der Waals surface area contributed by atoms with Crippen LogP contribution in [0.15, 0.2) is 29.6 Å². The summed E-state index contributed by atoms with van der Waals surface area (Å²) >= 11 is 1.61. The number of hydrogen-bond acceptors (Lipinski definition) is 4. The third kappa shape index (κ3) is 2.16. The smallest absolute Gasteiger partial charge is 0.126 e. The first-order chi connectivity index (χ1) is 8.30. The van der Waals surface area contributed by atoms with Crippen LogP contribution in [-0.4, -0.2) is 7.11 Å². The van der Waals surface area contributed by atoms with Gasteiger partial charge in [0.2, 0.25) is 0 Å². The normalized spacial score (nSPS) is 9.94. The lowest BCUT2D eigenvalue weighted by Crippen LogP contribution is -1.96. The number of nitrogens with zero attached hydrogens (tertiary/aromatic N) is 1. The van der Waals surface area contributed by atoms with E-state index in [1.807, 2.05) is 23.6 Å². The summed E-state index contributed by atoms with van der Waals surface area (Å²) in [5.74, 6) is 0.761. The van der Waals surface area contributed by atoms with Crippen LogP contribution in [0, 0.1) is 11.3 Å². The van der Waals surface area contributed by atoms with Gasteiger partial charge in [0.15, 0.2) is 0 Å². The molecule has 0 radical (unpaired) electrons. The maximum Gasteiger partial charge on any atom is 0.126 e. The molecule has 0 aliphatic rings. The Morgan fingerprint density at radius 1 is 1.35 bits per heavy atom. The zero-order chi connectivity index (χ0) is 12.3. The molecule has 0 aliphatic carbocycles. The van der Waals surface area contributed by atoms with Gasteiger partial charge in [-0.1, -0.05) is 0 Å². The Morgan fingerprint density at radius 2 is 2.18 bits per heavy atom. The molecule has 2 rings (SSSR count). The van der Waals surface area contributed by atoms with Gasteiger partial charge in [0.25, 0.3) is 0 Å². The lowest BCUT2D eigenvalue weighted by molar-refractivity contribution is 0.416. The minimum Gasteiger partial charge on any atom is -0.496 e. The summed E-state index contributed by atoms with van der Waals surface area (Å²) in [5.41, 5.74) is 8.29. The van der Waals surface area contributed by atoms with Crippen molar-refractivity contribution in [2.45, 2.75) is 6.54 Å². The minimum absolute atomic E-state index is 0.493. The molecule has 17 heavy (non-hydrogen) atoms. The van der Waals surface area contributed by atoms with E-state index in [1.54, 1.807) is 24.5 Å². The molecule has 1 heterocycles. The number of benzene rings is 1. The second-order valence-electron chi connectivity index (χ2n) is 3.49. The van der Waals surface area contributed by atoms with Crippen molar-refractivity contribution in [3.8, 4) is 22.9 Å². The molecule has 2 aromatic rings. The fourth-order valence-electron chi connectivity index (χ4n) is 1.73. The van der Waals surface area contributed by atoms with Gasteiger partial charge in [0.05, 0.1) is 18.7 Å². The van der Waals surface area contributed by atoms with Crippen molar-refractivity contribution in [2.75, 3.05) is 7.11 Å². The van der Waals surface area contributed by atoms with E-state index in [2.05, 4.69) is 6.07 Å². The summed E-state index contributed by atoms with van der Waals surface area (Å²) in [7, 11) is 1.62. The zero-order valence-corrected chi connectivity index (χ0v) is 10.3. The topological polar surface area (TPSA) is 59.0 Å². The average Bonchev–Trinajstić information content (AvgIpc) is 2.86. The van der Waals surface area contributed by atoms with Crippen LogP contribution in [0.25, 0.3) is 11.1 Å². The molecule has 2 N–H and O–H groups in total. The van der Waals surface area contributed by atoms with Crippen molar-refractivity contribution < 1.29 is 4.74 Å². The third-order valence-corrected chi connectivity index (χ3v) is 3.49. The van der Waals surface area contributed by atoms with Gasteiger partial charge in [0.1, 0.15) is 5.75 Å². The number of methoxy groups -OCH3 is 1. The van der Waals surface area contributed by atoms with Crippen LogP contribution >= 0.6 is 11.3 Å². The molecule has 3 nitrogen and oxygen atoms in total. The number of hydrogen-bond donors (Lipinski definition) is 1. The largest absolute Gasteiger partial charge is 0.496 e. The molecule has 0 bridgehead atoms. The minimum atomic E-state index is 0.493. The quantitative estimate of drug-likeness (QED) is 0.903. The number of thiophene rings is 1. The number of nitrogens with two attached hydrogens (primary N) is 1. The highest BCUT2D eigenvalue weighted by Crippen LogP contribution is 2.35. The van der Waals surface area contributed by atoms with E-state index in [4.69, 9.17) is 15.7 Å². The van der Waals surface area contributed by atoms with Crippen molar-refractivity contribution in [2.24, 2.45) is 5.73 Å². The van der Waals surface area contributed by atoms with Gasteiger partial charge in [-0.05, 0) is 29.6 Å². The van der Waals surface area contributed by atoms with Gasteiger partial charge in [-0.15, -0.1) is 11.3 Å². The van der Waals surface area contributed by atoms with Crippen LogP contribution in [0.5, 0.6) is 5.75 Å². The van der Waals surface area contributed by atoms with Crippen LogP contribution in [0.3, 0.4) is 0 Å². The molecule has 1 aromatic heterocycles. The van der Waals surface area contributed by atoms with Crippen molar-refractivity contribution >= 4 is 11.3 Å². The van der Waals surface area contributed by atoms with Gasteiger partial charge in [-0.3, -0.25) is 0 Å². The lowest BCUT2D eigenvalue weighted by atomic mass is 10.0. The maximum atomic E-state index is 8.94. The predicted molar refractivity (Wildman–Crippen MR) is 68.9 cm³/mol. The first-order valence-electron chi connectivity index (χ1n) is 5.15. The van der Waals surface area contributed by atoms with Crippen molar-refractivity contribution in [3.63, 3.8) is 0 Å². The van der Waals surface area contributed by atoms with Gasteiger partial charge >= 0.3 is 0 Å². The van der Waals surface area contributed by atoms with Gasteiger partial charge in [-0.2, -0.15) is 5.26 Å². The summed E-state index contributed by atoms with van der Waals surface area (Å²) in [6.45, 7) is 0.493. The van der Waals surface area contributed by atoms with Crippen LogP contribution in [0.2, 0.25) is 0 Å². The van der Waals surface area contributed by atoms with Crippen LogP contribution in [0.4, 0.5) is 0 Å². The lowest BCUT2D eigenvalue weighted by Gasteiger charge is -2.09. The van der Waals surface area contributed by atoms with Gasteiger partial charge in [-0.25, -0.2) is 0 Å². The Balaban J connectivity index is 2.61. The van der Waals surface area contributed by atoms with Crippen molar-refractivity contribution in [3.05, 3.63) is 40.1 Å². The number of nitriles is 1. The Kier molecular flexibility index (Phi) is 3.43. The molecule has 0 saturated carbocycles. The summed E-state index contributed by atoms with van der Waals surface area (Å²) in [6.07, 6.45) is 0. The van der Waals surface area contributed by atoms with E-state index in [0.29, 0.717) is 12.1 Å². The van der Waals surface area contributed by atoms with E-state index in [9.17, 15) is 0 Å². The number of ether oxygens (including phenoxy) is 1. The van der Waals surface area contributed by atoms with Crippen LogP contribution in [0.1, 0.15) is 10.4 Å². The highest BCUT2D eigenvalue weighted by molar-refractivity contribution is 7.10. The molecule has 1 aromatic carbocycles. The Labute approximate surface area is 104 Å². The van der Waals surface area contributed by atoms with E-state index >= 15 is 0 Å². The average molecular weight is 244 g/mol. The van der Waals surface area contributed by atoms with Crippen LogP contribution in [-0.2, 0) is 6.54 Å². The molecular formula is C13H12N2OS. The summed E-state index contributed by atoms with van der Waals surface area (Å²) in [6, 6.07) is 9.53. The fourth-order valence-corrected chi connectivity index (χ4v) is 2.50. The standard InChI is InChI=1S/C13H12N2OS/c1-16-12-3-2-9(7-14)6-11(12)10-4-5-17-13(10)8-15/h2-6H,8,15H2,1H3. The third-order valence-electron chi connectivity index (χ3n) is 2.55. The SMILES string of the molecule is COc1ccc(C#N)cc1-c1ccsc1CN. The molecule has 0 unspecified atom stereocenters. The molecule has 86 valence electrons. The molecule has 0 aliphatic heterocycles. The molecule has 4 heteroatoms. The Morgan fingerprint density at radius 3 is 2.82 bits per heavy atom. The molecule has 0 amide bonds. The monoisotopic (exact) mass is 244 g/mol. The van der Waals surface area contributed by atoms with Crippen molar-refractivity contribution in [1.29, 1.82) is 5.26 Å². The first-order valence-corrected chi connectivity index (χ1v) is 6.03. The predicted octanol–water partition coefficient (Wildman–Crippen LogP) is 2.75. The highest BCUT2D eigenvalue weighted by Gasteiger charge is 2.11. The van der Waals surface area contributed by atoms with E-state index < -0.39 is 0 Å². The summed E-state index contributed by atoms with van der Waals surface area (Å²) in [4.78, 5) is 1.10.